The number of aromatic nitrogens is 1. The van der Waals surface area contributed by atoms with E-state index in [1.165, 1.54) is 0 Å². The van der Waals surface area contributed by atoms with E-state index in [0.717, 1.165) is 22.7 Å². The van der Waals surface area contributed by atoms with E-state index in [4.69, 9.17) is 9.47 Å². The van der Waals surface area contributed by atoms with Gasteiger partial charge < -0.3 is 20.1 Å². The molecule has 0 atom stereocenters. The molecule has 29 heavy (non-hydrogen) atoms. The maximum Gasteiger partial charge on any atom is 0.228 e. The number of amides is 1. The summed E-state index contributed by atoms with van der Waals surface area (Å²) in [6.45, 7) is 3.99. The molecule has 0 spiro atoms. The highest BCUT2D eigenvalue weighted by Gasteiger charge is 2.06. The maximum atomic E-state index is 12.2. The SMILES string of the molecule is COc1ccc(CC(=O)Nc2ccc(Nc3ccc(OC(C)C)cc3)nc2)cc1. The first-order chi connectivity index (χ1) is 14.0. The topological polar surface area (TPSA) is 72.5 Å². The third-order valence-electron chi connectivity index (χ3n) is 4.07. The van der Waals surface area contributed by atoms with Crippen molar-refractivity contribution in [3.05, 3.63) is 72.4 Å². The Bertz CT molecular complexity index is 921. The summed E-state index contributed by atoms with van der Waals surface area (Å²) in [5, 5.41) is 6.08. The minimum atomic E-state index is -0.0987. The van der Waals surface area contributed by atoms with E-state index >= 15 is 0 Å². The number of benzene rings is 2. The number of carbonyl (C=O) groups is 1. The number of hydrogen-bond donors (Lipinski definition) is 2. The molecule has 0 radical (unpaired) electrons. The van der Waals surface area contributed by atoms with Gasteiger partial charge in [0, 0.05) is 5.69 Å². The van der Waals surface area contributed by atoms with Gasteiger partial charge in [-0.1, -0.05) is 12.1 Å². The zero-order valence-electron chi connectivity index (χ0n) is 16.8. The van der Waals surface area contributed by atoms with Gasteiger partial charge >= 0.3 is 0 Å². The average molecular weight is 391 g/mol. The number of pyridine rings is 1. The quantitative estimate of drug-likeness (QED) is 0.577. The van der Waals surface area contributed by atoms with E-state index in [1.54, 1.807) is 13.3 Å². The van der Waals surface area contributed by atoms with Crippen molar-refractivity contribution in [2.75, 3.05) is 17.7 Å². The predicted octanol–water partition coefficient (Wildman–Crippen LogP) is 4.80. The van der Waals surface area contributed by atoms with Crippen LogP contribution in [0.25, 0.3) is 0 Å². The van der Waals surface area contributed by atoms with E-state index in [-0.39, 0.29) is 18.4 Å². The monoisotopic (exact) mass is 391 g/mol. The lowest BCUT2D eigenvalue weighted by atomic mass is 10.1. The fourth-order valence-corrected chi connectivity index (χ4v) is 2.71. The van der Waals surface area contributed by atoms with Crippen LogP contribution in [0.2, 0.25) is 0 Å². The third kappa shape index (κ3) is 6.24. The number of nitrogens with zero attached hydrogens (tertiary/aromatic N) is 1. The Morgan fingerprint density at radius 1 is 0.931 bits per heavy atom. The molecule has 6 nitrogen and oxygen atoms in total. The minimum absolute atomic E-state index is 0.0987. The minimum Gasteiger partial charge on any atom is -0.497 e. The fraction of sp³-hybridized carbons (Fsp3) is 0.217. The zero-order chi connectivity index (χ0) is 20.6. The normalized spacial score (nSPS) is 10.5. The van der Waals surface area contributed by atoms with Gasteiger partial charge in [-0.2, -0.15) is 0 Å². The molecule has 0 aliphatic rings. The smallest absolute Gasteiger partial charge is 0.228 e. The molecule has 1 heterocycles. The standard InChI is InChI=1S/C23H25N3O3/c1-16(2)29-21-11-6-18(7-12-21)25-22-13-8-19(15-24-22)26-23(27)14-17-4-9-20(28-3)10-5-17/h4-13,15-16H,14H2,1-3H3,(H,24,25)(H,26,27). The third-order valence-corrected chi connectivity index (χ3v) is 4.07. The summed E-state index contributed by atoms with van der Waals surface area (Å²) in [4.78, 5) is 16.6. The Labute approximate surface area is 170 Å². The highest BCUT2D eigenvalue weighted by molar-refractivity contribution is 5.92. The van der Waals surface area contributed by atoms with E-state index in [1.807, 2.05) is 74.5 Å². The van der Waals surface area contributed by atoms with Gasteiger partial charge in [0.1, 0.15) is 17.3 Å². The number of ether oxygens (including phenoxy) is 2. The lowest BCUT2D eigenvalue weighted by Gasteiger charge is -2.11. The van der Waals surface area contributed by atoms with Gasteiger partial charge in [0.2, 0.25) is 5.91 Å². The summed E-state index contributed by atoms with van der Waals surface area (Å²) < 4.78 is 10.8. The summed E-state index contributed by atoms with van der Waals surface area (Å²) in [6, 6.07) is 18.8. The molecule has 1 amide bonds. The van der Waals surface area contributed by atoms with Crippen LogP contribution in [0.4, 0.5) is 17.2 Å². The molecular formula is C23H25N3O3. The van der Waals surface area contributed by atoms with Gasteiger partial charge in [0.05, 0.1) is 31.5 Å². The van der Waals surface area contributed by atoms with Crippen molar-refractivity contribution in [2.45, 2.75) is 26.4 Å². The molecule has 0 unspecified atom stereocenters. The molecule has 6 heteroatoms. The molecule has 3 rings (SSSR count). The highest BCUT2D eigenvalue weighted by Crippen LogP contribution is 2.20. The van der Waals surface area contributed by atoms with Gasteiger partial charge in [-0.05, 0) is 67.9 Å². The number of hydrogen-bond acceptors (Lipinski definition) is 5. The van der Waals surface area contributed by atoms with Gasteiger partial charge in [-0.3, -0.25) is 4.79 Å². The number of carbonyl (C=O) groups excluding carboxylic acids is 1. The van der Waals surface area contributed by atoms with Gasteiger partial charge in [-0.15, -0.1) is 0 Å². The Morgan fingerprint density at radius 3 is 2.17 bits per heavy atom. The Morgan fingerprint density at radius 2 is 1.59 bits per heavy atom. The molecule has 0 aliphatic heterocycles. The van der Waals surface area contributed by atoms with Crippen molar-refractivity contribution >= 4 is 23.1 Å². The average Bonchev–Trinajstić information content (AvgIpc) is 2.71. The first-order valence-corrected chi connectivity index (χ1v) is 9.44. The molecule has 2 aromatic carbocycles. The molecule has 0 saturated heterocycles. The van der Waals surface area contributed by atoms with E-state index < -0.39 is 0 Å². The number of nitrogens with one attached hydrogen (secondary N) is 2. The molecule has 3 aromatic rings. The van der Waals surface area contributed by atoms with Crippen LogP contribution in [0, 0.1) is 0 Å². The summed E-state index contributed by atoms with van der Waals surface area (Å²) >= 11 is 0. The van der Waals surface area contributed by atoms with Crippen LogP contribution in [0.1, 0.15) is 19.4 Å². The summed E-state index contributed by atoms with van der Waals surface area (Å²) in [6.07, 6.45) is 2.06. The molecule has 0 fully saturated rings. The number of methoxy groups -OCH3 is 1. The molecule has 1 aromatic heterocycles. The lowest BCUT2D eigenvalue weighted by molar-refractivity contribution is -0.115. The number of rotatable bonds is 8. The van der Waals surface area contributed by atoms with Crippen LogP contribution in [0.15, 0.2) is 66.9 Å². The first-order valence-electron chi connectivity index (χ1n) is 9.44. The fourth-order valence-electron chi connectivity index (χ4n) is 2.71. The molecule has 0 saturated carbocycles. The molecule has 0 aliphatic carbocycles. The summed E-state index contributed by atoms with van der Waals surface area (Å²) in [5.74, 6) is 2.19. The van der Waals surface area contributed by atoms with Crippen LogP contribution in [-0.2, 0) is 11.2 Å². The molecule has 0 bridgehead atoms. The largest absolute Gasteiger partial charge is 0.497 e. The summed E-state index contributed by atoms with van der Waals surface area (Å²) in [5.41, 5.74) is 2.47. The lowest BCUT2D eigenvalue weighted by Crippen LogP contribution is -2.14. The van der Waals surface area contributed by atoms with Gasteiger partial charge in [-0.25, -0.2) is 4.98 Å². The van der Waals surface area contributed by atoms with E-state index in [9.17, 15) is 4.79 Å². The van der Waals surface area contributed by atoms with E-state index in [0.29, 0.717) is 11.5 Å². The first kappa shape index (κ1) is 20.2. The van der Waals surface area contributed by atoms with Crippen molar-refractivity contribution in [3.63, 3.8) is 0 Å². The second-order valence-corrected chi connectivity index (χ2v) is 6.82. The Hall–Kier alpha value is -3.54. The number of anilines is 3. The molecule has 150 valence electrons. The summed E-state index contributed by atoms with van der Waals surface area (Å²) in [7, 11) is 1.61. The van der Waals surface area contributed by atoms with E-state index in [2.05, 4.69) is 15.6 Å². The van der Waals surface area contributed by atoms with Crippen LogP contribution in [0.5, 0.6) is 11.5 Å². The molecule has 2 N–H and O–H groups in total. The van der Waals surface area contributed by atoms with Crippen molar-refractivity contribution < 1.29 is 14.3 Å². The van der Waals surface area contributed by atoms with Crippen molar-refractivity contribution in [2.24, 2.45) is 0 Å². The molecular weight excluding hydrogens is 366 g/mol. The Balaban J connectivity index is 1.53. The van der Waals surface area contributed by atoms with Crippen LogP contribution in [0.3, 0.4) is 0 Å². The second kappa shape index (κ2) is 9.59. The van der Waals surface area contributed by atoms with Gasteiger partial charge in [0.25, 0.3) is 0 Å². The Kier molecular flexibility index (Phi) is 6.68. The second-order valence-electron chi connectivity index (χ2n) is 6.82. The van der Waals surface area contributed by atoms with Crippen molar-refractivity contribution in [1.29, 1.82) is 0 Å². The maximum absolute atomic E-state index is 12.2. The zero-order valence-corrected chi connectivity index (χ0v) is 16.8. The van der Waals surface area contributed by atoms with Crippen LogP contribution >= 0.6 is 0 Å². The predicted molar refractivity (Wildman–Crippen MR) is 115 cm³/mol. The van der Waals surface area contributed by atoms with Crippen LogP contribution < -0.4 is 20.1 Å². The van der Waals surface area contributed by atoms with Crippen molar-refractivity contribution in [3.8, 4) is 11.5 Å². The van der Waals surface area contributed by atoms with Gasteiger partial charge in [0.15, 0.2) is 0 Å². The van der Waals surface area contributed by atoms with Crippen LogP contribution in [-0.4, -0.2) is 24.1 Å². The van der Waals surface area contributed by atoms with Crippen molar-refractivity contribution in [1.82, 2.24) is 4.98 Å². The highest BCUT2D eigenvalue weighted by atomic mass is 16.5.